The minimum absolute atomic E-state index is 0.0881. The SMILES string of the molecule is CCCCCCCCCCCCCC(=O)NN=Cc1ccc(OC(=O)C=Cc2ccccc2)c(OC)c1. The van der Waals surface area contributed by atoms with Gasteiger partial charge in [-0.2, -0.15) is 5.10 Å². The van der Waals surface area contributed by atoms with Crippen molar-refractivity contribution in [3.63, 3.8) is 0 Å². The topological polar surface area (TPSA) is 77.0 Å². The predicted molar refractivity (Wildman–Crippen MR) is 151 cm³/mol. The number of methoxy groups -OCH3 is 1. The minimum Gasteiger partial charge on any atom is -0.493 e. The van der Waals surface area contributed by atoms with E-state index in [1.165, 1.54) is 71.0 Å². The molecule has 1 N–H and O–H groups in total. The lowest BCUT2D eigenvalue weighted by molar-refractivity contribution is -0.129. The molecule has 2 aromatic carbocycles. The zero-order chi connectivity index (χ0) is 26.6. The molecule has 0 aromatic heterocycles. The molecule has 0 atom stereocenters. The molecule has 37 heavy (non-hydrogen) atoms. The monoisotopic (exact) mass is 506 g/mol. The molecule has 2 rings (SSSR count). The highest BCUT2D eigenvalue weighted by molar-refractivity contribution is 5.89. The number of esters is 1. The van der Waals surface area contributed by atoms with Crippen LogP contribution in [-0.4, -0.2) is 25.2 Å². The second kappa shape index (κ2) is 18.8. The molecule has 0 spiro atoms. The molecular weight excluding hydrogens is 464 g/mol. The molecule has 1 amide bonds. The van der Waals surface area contributed by atoms with Crippen molar-refractivity contribution in [1.82, 2.24) is 5.43 Å². The van der Waals surface area contributed by atoms with Crippen LogP contribution in [0.25, 0.3) is 6.08 Å². The van der Waals surface area contributed by atoms with Crippen LogP contribution in [0, 0.1) is 0 Å². The van der Waals surface area contributed by atoms with Crippen molar-refractivity contribution in [3.05, 3.63) is 65.7 Å². The Morgan fingerprint density at radius 2 is 1.46 bits per heavy atom. The molecule has 6 nitrogen and oxygen atoms in total. The van der Waals surface area contributed by atoms with E-state index in [1.807, 2.05) is 30.3 Å². The van der Waals surface area contributed by atoms with Crippen LogP contribution in [0.5, 0.6) is 11.5 Å². The maximum absolute atomic E-state index is 12.2. The van der Waals surface area contributed by atoms with Gasteiger partial charge in [0, 0.05) is 12.5 Å². The maximum Gasteiger partial charge on any atom is 0.336 e. The third-order valence-electron chi connectivity index (χ3n) is 6.02. The van der Waals surface area contributed by atoms with Crippen molar-refractivity contribution in [2.24, 2.45) is 5.10 Å². The van der Waals surface area contributed by atoms with Crippen molar-refractivity contribution in [2.45, 2.75) is 84.0 Å². The largest absolute Gasteiger partial charge is 0.493 e. The summed E-state index contributed by atoms with van der Waals surface area (Å²) in [5.41, 5.74) is 4.20. The van der Waals surface area contributed by atoms with Crippen LogP contribution in [0.1, 0.15) is 95.1 Å². The Hall–Kier alpha value is -3.41. The van der Waals surface area contributed by atoms with Crippen LogP contribution in [0.2, 0.25) is 0 Å². The molecule has 0 fully saturated rings. The van der Waals surface area contributed by atoms with E-state index in [0.29, 0.717) is 23.5 Å². The number of benzene rings is 2. The Labute approximate surface area is 222 Å². The first-order valence-corrected chi connectivity index (χ1v) is 13.6. The van der Waals surface area contributed by atoms with E-state index in [4.69, 9.17) is 9.47 Å². The van der Waals surface area contributed by atoms with E-state index >= 15 is 0 Å². The van der Waals surface area contributed by atoms with Crippen LogP contribution in [0.15, 0.2) is 59.7 Å². The van der Waals surface area contributed by atoms with Gasteiger partial charge in [-0.05, 0) is 41.8 Å². The summed E-state index contributed by atoms with van der Waals surface area (Å²) < 4.78 is 10.7. The molecular formula is C31H42N2O4. The molecule has 0 saturated carbocycles. The summed E-state index contributed by atoms with van der Waals surface area (Å²) in [6.07, 6.45) is 18.9. The molecule has 200 valence electrons. The number of carbonyl (C=O) groups excluding carboxylic acids is 2. The van der Waals surface area contributed by atoms with Gasteiger partial charge in [-0.25, -0.2) is 10.2 Å². The van der Waals surface area contributed by atoms with Gasteiger partial charge in [0.05, 0.1) is 13.3 Å². The third-order valence-corrected chi connectivity index (χ3v) is 6.02. The lowest BCUT2D eigenvalue weighted by Crippen LogP contribution is -2.16. The van der Waals surface area contributed by atoms with Crippen LogP contribution in [0.3, 0.4) is 0 Å². The van der Waals surface area contributed by atoms with E-state index in [2.05, 4.69) is 17.5 Å². The summed E-state index contributed by atoms with van der Waals surface area (Å²) in [7, 11) is 1.50. The summed E-state index contributed by atoms with van der Waals surface area (Å²) in [5, 5.41) is 4.04. The second-order valence-corrected chi connectivity index (χ2v) is 9.15. The zero-order valence-electron chi connectivity index (χ0n) is 22.4. The second-order valence-electron chi connectivity index (χ2n) is 9.15. The van der Waals surface area contributed by atoms with Gasteiger partial charge in [-0.1, -0.05) is 101 Å². The smallest absolute Gasteiger partial charge is 0.336 e. The van der Waals surface area contributed by atoms with Gasteiger partial charge in [-0.3, -0.25) is 4.79 Å². The highest BCUT2D eigenvalue weighted by Gasteiger charge is 2.09. The number of unbranched alkanes of at least 4 members (excludes halogenated alkanes) is 10. The third kappa shape index (κ3) is 13.5. The van der Waals surface area contributed by atoms with Gasteiger partial charge in [-0.15, -0.1) is 0 Å². The van der Waals surface area contributed by atoms with Crippen molar-refractivity contribution in [2.75, 3.05) is 7.11 Å². The maximum atomic E-state index is 12.2. The van der Waals surface area contributed by atoms with Gasteiger partial charge in [0.2, 0.25) is 5.91 Å². The molecule has 0 aliphatic rings. The van der Waals surface area contributed by atoms with E-state index in [1.54, 1.807) is 30.5 Å². The number of amides is 1. The Balaban J connectivity index is 1.65. The lowest BCUT2D eigenvalue weighted by atomic mass is 10.1. The average molecular weight is 507 g/mol. The number of hydrogen-bond donors (Lipinski definition) is 1. The Bertz CT molecular complexity index is 986. The first kappa shape index (κ1) is 29.8. The zero-order valence-corrected chi connectivity index (χ0v) is 22.4. The lowest BCUT2D eigenvalue weighted by Gasteiger charge is -2.08. The van der Waals surface area contributed by atoms with Crippen LogP contribution in [0.4, 0.5) is 0 Å². The number of hydrogen-bond acceptors (Lipinski definition) is 5. The number of carbonyl (C=O) groups is 2. The molecule has 0 bridgehead atoms. The molecule has 0 radical (unpaired) electrons. The molecule has 6 heteroatoms. The van der Waals surface area contributed by atoms with Crippen molar-refractivity contribution >= 4 is 24.2 Å². The Morgan fingerprint density at radius 3 is 2.11 bits per heavy atom. The van der Waals surface area contributed by atoms with Crippen molar-refractivity contribution < 1.29 is 19.1 Å². The highest BCUT2D eigenvalue weighted by Crippen LogP contribution is 2.28. The number of ether oxygens (including phenoxy) is 2. The summed E-state index contributed by atoms with van der Waals surface area (Å²) in [6.45, 7) is 2.25. The summed E-state index contributed by atoms with van der Waals surface area (Å²) in [6, 6.07) is 14.6. The van der Waals surface area contributed by atoms with Gasteiger partial charge in [0.1, 0.15) is 0 Å². The van der Waals surface area contributed by atoms with Crippen molar-refractivity contribution in [3.8, 4) is 11.5 Å². The fraction of sp³-hybridized carbons (Fsp3) is 0.452. The molecule has 0 saturated heterocycles. The minimum atomic E-state index is -0.502. The van der Waals surface area contributed by atoms with Gasteiger partial charge >= 0.3 is 5.97 Å². The van der Waals surface area contributed by atoms with Gasteiger partial charge in [0.15, 0.2) is 11.5 Å². The highest BCUT2D eigenvalue weighted by atomic mass is 16.6. The number of nitrogens with zero attached hydrogens (tertiary/aromatic N) is 1. The van der Waals surface area contributed by atoms with Gasteiger partial charge < -0.3 is 9.47 Å². The summed E-state index contributed by atoms with van der Waals surface area (Å²) >= 11 is 0. The van der Waals surface area contributed by atoms with Gasteiger partial charge in [0.25, 0.3) is 0 Å². The predicted octanol–water partition coefficient (Wildman–Crippen LogP) is 7.47. The Morgan fingerprint density at radius 1 is 0.811 bits per heavy atom. The quantitative estimate of drug-likeness (QED) is 0.0568. The number of nitrogens with one attached hydrogen (secondary N) is 1. The number of rotatable bonds is 18. The Kier molecular flexibility index (Phi) is 15.2. The van der Waals surface area contributed by atoms with Crippen LogP contribution in [-0.2, 0) is 9.59 Å². The van der Waals surface area contributed by atoms with E-state index in [9.17, 15) is 9.59 Å². The molecule has 2 aromatic rings. The normalized spacial score (nSPS) is 11.2. The van der Waals surface area contributed by atoms with E-state index in [0.717, 1.165) is 18.4 Å². The van der Waals surface area contributed by atoms with Crippen LogP contribution < -0.4 is 14.9 Å². The van der Waals surface area contributed by atoms with Crippen molar-refractivity contribution in [1.29, 1.82) is 0 Å². The number of hydrazone groups is 1. The molecule has 0 heterocycles. The van der Waals surface area contributed by atoms with E-state index < -0.39 is 5.97 Å². The summed E-state index contributed by atoms with van der Waals surface area (Å²) in [5.74, 6) is 0.119. The fourth-order valence-corrected chi connectivity index (χ4v) is 3.90. The molecule has 0 aliphatic heterocycles. The molecule has 0 aliphatic carbocycles. The first-order valence-electron chi connectivity index (χ1n) is 13.6. The van der Waals surface area contributed by atoms with E-state index in [-0.39, 0.29) is 5.91 Å². The fourth-order valence-electron chi connectivity index (χ4n) is 3.90. The molecule has 0 unspecified atom stereocenters. The first-order chi connectivity index (χ1) is 18.1. The summed E-state index contributed by atoms with van der Waals surface area (Å²) in [4.78, 5) is 24.2. The average Bonchev–Trinajstić information content (AvgIpc) is 2.92. The van der Waals surface area contributed by atoms with Crippen LogP contribution >= 0.6 is 0 Å². The standard InChI is InChI=1S/C31H42N2O4/c1-3-4-5-6-7-8-9-10-11-12-16-19-30(34)33-32-25-27-20-22-28(29(24-27)36-2)37-31(35)23-21-26-17-14-13-15-18-26/h13-15,17-18,20-25H,3-12,16,19H2,1-2H3,(H,33,34).